The van der Waals surface area contributed by atoms with E-state index in [0.29, 0.717) is 11.5 Å². The second-order valence-corrected chi connectivity index (χ2v) is 31.9. The largest absolute Gasteiger partial charge is 2.00 e. The van der Waals surface area contributed by atoms with Crippen LogP contribution < -0.4 is 9.47 Å². The molecular weight excluding hydrogens is 1860 g/mol. The van der Waals surface area contributed by atoms with Crippen LogP contribution in [0.5, 0.6) is 28.7 Å². The van der Waals surface area contributed by atoms with Gasteiger partial charge in [-0.3, -0.25) is 13.8 Å². The summed E-state index contributed by atoms with van der Waals surface area (Å²) in [6.07, 6.45) is 17.1. The predicted octanol–water partition coefficient (Wildman–Crippen LogP) is 28.4. The molecule has 0 saturated heterocycles. The number of pyridine rings is 3. The van der Waals surface area contributed by atoms with E-state index in [1.165, 1.54) is 60.6 Å². The van der Waals surface area contributed by atoms with Gasteiger partial charge in [0.25, 0.3) is 0 Å². The molecule has 15 nitrogen and oxygen atoms in total. The molecule has 0 bridgehead atoms. The van der Waals surface area contributed by atoms with Crippen LogP contribution in [0.3, 0.4) is 0 Å². The summed E-state index contributed by atoms with van der Waals surface area (Å²) in [5.41, 5.74) is 22.7. The molecule has 0 aliphatic rings. The van der Waals surface area contributed by atoms with Gasteiger partial charge in [0, 0.05) is 115 Å². The van der Waals surface area contributed by atoms with E-state index in [2.05, 4.69) is 309 Å². The zero-order chi connectivity index (χ0) is 87.1. The maximum Gasteiger partial charge on any atom is 2.00 e. The van der Waals surface area contributed by atoms with Gasteiger partial charge in [-0.25, -0.2) is 24.3 Å². The Labute approximate surface area is 778 Å². The van der Waals surface area contributed by atoms with Gasteiger partial charge in [0.05, 0.1) is 52.0 Å². The minimum Gasteiger partial charge on any atom is -0.509 e. The molecule has 24 rings (SSSR count). The number of ether oxygens (including phenoxy) is 2. The summed E-state index contributed by atoms with van der Waals surface area (Å²) in [4.78, 5) is 13.7. The number of para-hydroxylation sites is 3. The number of hydrogen-bond donors (Lipinski definition) is 1. The number of rotatable bonds is 16. The monoisotopic (exact) mass is 1940 g/mol. The second-order valence-electron chi connectivity index (χ2n) is 31.0. The Morgan fingerprint density at radius 1 is 0.260 bits per heavy atom. The molecule has 0 aliphatic heterocycles. The third kappa shape index (κ3) is 17.6. The molecular formula is C114H77BrN12O3Pt. The summed E-state index contributed by atoms with van der Waals surface area (Å²) in [5, 5.41) is 30.3. The van der Waals surface area contributed by atoms with E-state index >= 15 is 0 Å². The van der Waals surface area contributed by atoms with Gasteiger partial charge < -0.3 is 19.1 Å². The van der Waals surface area contributed by atoms with Crippen LogP contribution in [-0.2, 0) is 21.1 Å². The first-order chi connectivity index (χ1) is 64.2. The number of benzene rings is 15. The fourth-order valence-corrected chi connectivity index (χ4v) is 16.9. The summed E-state index contributed by atoms with van der Waals surface area (Å²) in [5.74, 6) is 5.55. The number of aromatic nitrogens is 12. The molecule has 0 radical (unpaired) electrons. The van der Waals surface area contributed by atoms with E-state index in [4.69, 9.17) is 9.47 Å². The van der Waals surface area contributed by atoms with Crippen molar-refractivity contribution in [3.05, 3.63) is 479 Å². The van der Waals surface area contributed by atoms with Crippen molar-refractivity contribution in [1.29, 1.82) is 0 Å². The van der Waals surface area contributed by atoms with Crippen molar-refractivity contribution in [2.45, 2.75) is 0 Å². The SMILES string of the molecule is Brc1ccc2c3ccccc3n(-c3ccccn3)c2c1.Oc1cccc(-n2cc(-c3ccc(-c4ccccc4)cc3)cn2)c1.[Pt+2].[c-]1c(Oc2[c-]c3c(cc2)c2ccccc2n3-c2ccccn2)cccc1-n1cc(-c2ccc(-c3ccccc3)cc2)cn1.c1ccc(-c2ccc(-c3cnn(-c4cccc(Oc5ccc6c7ccccc7n(-c7ccccn7)c6c5)c4)c3)cc2)cc1. The van der Waals surface area contributed by atoms with E-state index in [9.17, 15) is 5.11 Å². The van der Waals surface area contributed by atoms with Crippen LogP contribution in [0, 0.1) is 12.1 Å². The number of hydrogen-bond acceptors (Lipinski definition) is 9. The summed E-state index contributed by atoms with van der Waals surface area (Å²) in [6.45, 7) is 0. The van der Waals surface area contributed by atoms with Crippen molar-refractivity contribution in [2.75, 3.05) is 0 Å². The molecule has 0 saturated carbocycles. The standard InChI is InChI=1S/C38H26N4O.C38H24N4O.C21H16N2O.C17H11BrN2.Pt/c2*1-2-9-27(10-3-1)28-16-18-29(19-17-28)30-25-40-41(26-30)31-11-8-12-32(23-31)43-33-20-21-35-34-13-4-5-14-36(34)42(37(35)24-33)38-15-6-7-22-39-38;24-21-8-4-7-20(13-21)23-15-19(14-22-23)18-11-9-17(10-12-18)16-5-2-1-3-6-16;18-12-8-9-14-13-5-1-2-6-15(13)20(16(14)11-12)17-7-3-4-10-19-17;/h1-26H;1-22,25-26H;1-15,24H;1-11H;/q;-2;;;+2. The maximum absolute atomic E-state index is 9.60. The third-order valence-corrected chi connectivity index (χ3v) is 23.3. The number of phenolic OH excluding ortho intramolecular Hbond substituents is 1. The Kier molecular flexibility index (Phi) is 23.6. The first-order valence-electron chi connectivity index (χ1n) is 42.6. The zero-order valence-electron chi connectivity index (χ0n) is 70.2. The van der Waals surface area contributed by atoms with Crippen LogP contribution in [0.1, 0.15) is 0 Å². The van der Waals surface area contributed by atoms with E-state index in [-0.39, 0.29) is 26.8 Å². The molecule has 0 spiro atoms. The smallest absolute Gasteiger partial charge is 0.509 e. The van der Waals surface area contributed by atoms with Crippen molar-refractivity contribution in [3.8, 4) is 130 Å². The maximum atomic E-state index is 9.60. The summed E-state index contributed by atoms with van der Waals surface area (Å²) in [6, 6.07) is 144. The van der Waals surface area contributed by atoms with Gasteiger partial charge in [0.1, 0.15) is 34.7 Å². The Hall–Kier alpha value is -16.7. The second kappa shape index (κ2) is 37.5. The van der Waals surface area contributed by atoms with Crippen LogP contribution in [-0.4, -0.2) is 63.1 Å². The van der Waals surface area contributed by atoms with E-state index in [1.807, 2.05) is 211 Å². The van der Waals surface area contributed by atoms with E-state index < -0.39 is 0 Å². The van der Waals surface area contributed by atoms with Crippen LogP contribution in [0.4, 0.5) is 0 Å². The van der Waals surface area contributed by atoms with Gasteiger partial charge in [-0.2, -0.15) is 27.4 Å². The van der Waals surface area contributed by atoms with Crippen LogP contribution in [0.15, 0.2) is 467 Å². The first kappa shape index (κ1) is 82.6. The van der Waals surface area contributed by atoms with Crippen molar-refractivity contribution in [2.24, 2.45) is 0 Å². The molecule has 0 unspecified atom stereocenters. The Bertz CT molecular complexity index is 7790. The molecule has 1 N–H and O–H groups in total. The third-order valence-electron chi connectivity index (χ3n) is 22.8. The van der Waals surface area contributed by atoms with Gasteiger partial charge >= 0.3 is 21.1 Å². The average molecular weight is 1940 g/mol. The quantitative estimate of drug-likeness (QED) is 0.0934. The molecule has 131 heavy (non-hydrogen) atoms. The number of phenols is 1. The molecule has 15 aromatic carbocycles. The number of aromatic hydroxyl groups is 1. The Morgan fingerprint density at radius 3 is 1.13 bits per heavy atom. The fraction of sp³-hybridized carbons (Fsp3) is 0. The molecule has 0 amide bonds. The van der Waals surface area contributed by atoms with Crippen molar-refractivity contribution in [3.63, 3.8) is 0 Å². The molecule has 9 heterocycles. The Balaban J connectivity index is 0.000000114. The minimum absolute atomic E-state index is 0. The minimum atomic E-state index is 0. The van der Waals surface area contributed by atoms with Crippen LogP contribution in [0.2, 0.25) is 0 Å². The number of nitrogens with zero attached hydrogens (tertiary/aromatic N) is 12. The first-order valence-corrected chi connectivity index (χ1v) is 43.3. The van der Waals surface area contributed by atoms with Crippen molar-refractivity contribution in [1.82, 2.24) is 58.0 Å². The normalized spacial score (nSPS) is 11.1. The molecule has 0 aliphatic carbocycles. The number of fused-ring (bicyclic) bond motifs is 9. The molecule has 24 aromatic rings. The van der Waals surface area contributed by atoms with E-state index in [1.54, 1.807) is 29.1 Å². The van der Waals surface area contributed by atoms with Crippen molar-refractivity contribution < 1.29 is 35.6 Å². The molecule has 9 aromatic heterocycles. The van der Waals surface area contributed by atoms with Crippen LogP contribution >= 0.6 is 15.9 Å². The van der Waals surface area contributed by atoms with Gasteiger partial charge in [-0.15, -0.1) is 35.7 Å². The van der Waals surface area contributed by atoms with Crippen LogP contribution in [0.25, 0.3) is 167 Å². The van der Waals surface area contributed by atoms with Gasteiger partial charge in [-0.05, 0) is 164 Å². The average Bonchev–Trinajstić information content (AvgIpc) is 1.60. The van der Waals surface area contributed by atoms with Crippen molar-refractivity contribution >= 4 is 81.3 Å². The van der Waals surface area contributed by atoms with E-state index in [0.717, 1.165) is 122 Å². The van der Waals surface area contributed by atoms with Gasteiger partial charge in [0.2, 0.25) is 0 Å². The van der Waals surface area contributed by atoms with Gasteiger partial charge in [-0.1, -0.05) is 276 Å². The molecule has 628 valence electrons. The fourth-order valence-electron chi connectivity index (χ4n) is 16.6. The zero-order valence-corrected chi connectivity index (χ0v) is 74.1. The summed E-state index contributed by atoms with van der Waals surface area (Å²) in [7, 11) is 0. The predicted molar refractivity (Wildman–Crippen MR) is 526 cm³/mol. The summed E-state index contributed by atoms with van der Waals surface area (Å²) >= 11 is 3.56. The van der Waals surface area contributed by atoms with Gasteiger partial charge in [0.15, 0.2) is 0 Å². The summed E-state index contributed by atoms with van der Waals surface area (Å²) < 4.78 is 25.8. The number of halogens is 1. The topological polar surface area (TPSA) is 146 Å². The Morgan fingerprint density at radius 2 is 0.634 bits per heavy atom. The molecule has 0 atom stereocenters. The molecule has 17 heteroatoms. The molecule has 0 fully saturated rings.